The second-order valence-electron chi connectivity index (χ2n) is 5.47. The van der Waals surface area contributed by atoms with Gasteiger partial charge in [0.25, 0.3) is 5.91 Å². The number of anilines is 1. The highest BCUT2D eigenvalue weighted by molar-refractivity contribution is 6.04. The molecule has 18 heavy (non-hydrogen) atoms. The molecule has 0 saturated heterocycles. The number of hydrogen-bond acceptors (Lipinski definition) is 3. The lowest BCUT2D eigenvalue weighted by molar-refractivity contribution is -0.210. The first-order valence-electron chi connectivity index (χ1n) is 6.09. The number of amides is 1. The summed E-state index contributed by atoms with van der Waals surface area (Å²) in [4.78, 5) is 13.8. The summed E-state index contributed by atoms with van der Waals surface area (Å²) in [6.07, 6.45) is 0.346. The number of carbonyl (C=O) groups excluding carboxylic acids is 1. The molecule has 0 spiro atoms. The SMILES string of the molecule is CO[C@@]1(C)C[C@@]2(O)C(=O)N(C)c3ccccc3[C@H]21. The first-order valence-corrected chi connectivity index (χ1v) is 6.09. The first-order chi connectivity index (χ1) is 8.44. The largest absolute Gasteiger partial charge is 0.379 e. The minimum atomic E-state index is -1.31. The van der Waals surface area contributed by atoms with Crippen LogP contribution in [-0.2, 0) is 9.53 Å². The molecule has 2 aliphatic rings. The third-order valence-electron chi connectivity index (χ3n) is 4.46. The molecule has 1 fully saturated rings. The van der Waals surface area contributed by atoms with Gasteiger partial charge in [-0.1, -0.05) is 18.2 Å². The van der Waals surface area contributed by atoms with Crippen LogP contribution in [0.1, 0.15) is 24.8 Å². The summed E-state index contributed by atoms with van der Waals surface area (Å²) in [5.41, 5.74) is 0.0631. The van der Waals surface area contributed by atoms with Gasteiger partial charge in [-0.05, 0) is 18.6 Å². The Morgan fingerprint density at radius 1 is 1.44 bits per heavy atom. The molecular weight excluding hydrogens is 230 g/mol. The maximum atomic E-state index is 12.3. The van der Waals surface area contributed by atoms with Gasteiger partial charge in [0, 0.05) is 26.3 Å². The molecule has 1 heterocycles. The number of methoxy groups -OCH3 is 1. The summed E-state index contributed by atoms with van der Waals surface area (Å²) in [6, 6.07) is 7.69. The number of fused-ring (bicyclic) bond motifs is 3. The molecule has 0 bridgehead atoms. The number of para-hydroxylation sites is 1. The molecule has 0 radical (unpaired) electrons. The van der Waals surface area contributed by atoms with Crippen LogP contribution in [0.3, 0.4) is 0 Å². The van der Waals surface area contributed by atoms with Crippen LogP contribution in [0.15, 0.2) is 24.3 Å². The summed E-state index contributed by atoms with van der Waals surface area (Å²) in [5.74, 6) is -0.518. The Labute approximate surface area is 106 Å². The van der Waals surface area contributed by atoms with Crippen molar-refractivity contribution in [3.8, 4) is 0 Å². The summed E-state index contributed by atoms with van der Waals surface area (Å²) in [7, 11) is 3.34. The van der Waals surface area contributed by atoms with E-state index in [1.54, 1.807) is 19.1 Å². The minimum absolute atomic E-state index is 0.235. The second-order valence-corrected chi connectivity index (χ2v) is 5.47. The van der Waals surface area contributed by atoms with E-state index in [1.165, 1.54) is 0 Å². The summed E-state index contributed by atoms with van der Waals surface area (Å²) < 4.78 is 5.52. The molecule has 1 aliphatic carbocycles. The lowest BCUT2D eigenvalue weighted by Gasteiger charge is -2.60. The van der Waals surface area contributed by atoms with Gasteiger partial charge in [-0.25, -0.2) is 0 Å². The molecule has 0 aromatic heterocycles. The normalized spacial score (nSPS) is 37.9. The van der Waals surface area contributed by atoms with Gasteiger partial charge in [0.15, 0.2) is 5.60 Å². The van der Waals surface area contributed by atoms with Crippen LogP contribution in [0.2, 0.25) is 0 Å². The predicted molar refractivity (Wildman–Crippen MR) is 67.6 cm³/mol. The molecule has 1 amide bonds. The molecule has 1 aromatic rings. The van der Waals surface area contributed by atoms with Crippen molar-refractivity contribution < 1.29 is 14.6 Å². The van der Waals surface area contributed by atoms with Crippen LogP contribution < -0.4 is 4.90 Å². The summed E-state index contributed by atoms with van der Waals surface area (Å²) >= 11 is 0. The van der Waals surface area contributed by atoms with Gasteiger partial charge in [-0.3, -0.25) is 4.79 Å². The quantitative estimate of drug-likeness (QED) is 0.813. The van der Waals surface area contributed by atoms with Crippen LogP contribution in [0, 0.1) is 0 Å². The average molecular weight is 247 g/mol. The molecule has 3 atom stereocenters. The van der Waals surface area contributed by atoms with Crippen molar-refractivity contribution in [2.75, 3.05) is 19.1 Å². The number of likely N-dealkylation sites (N-methyl/N-ethyl adjacent to an activating group) is 1. The fourth-order valence-electron chi connectivity index (χ4n) is 3.53. The molecule has 0 unspecified atom stereocenters. The topological polar surface area (TPSA) is 49.8 Å². The van der Waals surface area contributed by atoms with Gasteiger partial charge in [0.05, 0.1) is 11.5 Å². The van der Waals surface area contributed by atoms with Crippen LogP contribution in [0.5, 0.6) is 0 Å². The van der Waals surface area contributed by atoms with E-state index in [4.69, 9.17) is 4.74 Å². The lowest BCUT2D eigenvalue weighted by atomic mass is 9.54. The number of aliphatic hydroxyl groups is 1. The van der Waals surface area contributed by atoms with E-state index in [0.717, 1.165) is 11.3 Å². The smallest absolute Gasteiger partial charge is 0.259 e. The van der Waals surface area contributed by atoms with Crippen molar-refractivity contribution in [3.05, 3.63) is 29.8 Å². The first kappa shape index (κ1) is 11.7. The lowest BCUT2D eigenvalue weighted by Crippen LogP contribution is -2.71. The zero-order valence-electron chi connectivity index (χ0n) is 10.8. The van der Waals surface area contributed by atoms with Crippen LogP contribution in [0.4, 0.5) is 5.69 Å². The number of carbonyl (C=O) groups is 1. The maximum absolute atomic E-state index is 12.3. The van der Waals surface area contributed by atoms with Crippen molar-refractivity contribution in [3.63, 3.8) is 0 Å². The minimum Gasteiger partial charge on any atom is -0.379 e. The van der Waals surface area contributed by atoms with Gasteiger partial charge >= 0.3 is 0 Å². The Hall–Kier alpha value is -1.39. The van der Waals surface area contributed by atoms with Crippen molar-refractivity contribution in [2.45, 2.75) is 30.5 Å². The van der Waals surface area contributed by atoms with E-state index in [0.29, 0.717) is 6.42 Å². The van der Waals surface area contributed by atoms with Gasteiger partial charge in [0.2, 0.25) is 0 Å². The van der Waals surface area contributed by atoms with E-state index < -0.39 is 11.2 Å². The van der Waals surface area contributed by atoms with Crippen molar-refractivity contribution in [1.82, 2.24) is 0 Å². The Morgan fingerprint density at radius 2 is 2.11 bits per heavy atom. The standard InChI is InChI=1S/C14H17NO3/c1-13(18-3)8-14(17)11(13)9-6-4-5-7-10(9)15(2)12(14)16/h4-7,11,17H,8H2,1-3H3/t11-,13-,14-/m0/s1. The molecule has 4 nitrogen and oxygen atoms in total. The molecule has 3 rings (SSSR count). The van der Waals surface area contributed by atoms with Crippen molar-refractivity contribution in [2.24, 2.45) is 0 Å². The fourth-order valence-corrected chi connectivity index (χ4v) is 3.53. The van der Waals surface area contributed by atoms with Crippen LogP contribution >= 0.6 is 0 Å². The molecular formula is C14H17NO3. The zero-order chi connectivity index (χ0) is 13.1. The molecule has 1 N–H and O–H groups in total. The molecule has 96 valence electrons. The Bertz CT molecular complexity index is 530. The number of benzene rings is 1. The molecule has 1 saturated carbocycles. The Balaban J connectivity index is 2.20. The summed E-state index contributed by atoms with van der Waals surface area (Å²) in [6.45, 7) is 1.95. The summed E-state index contributed by atoms with van der Waals surface area (Å²) in [5, 5.41) is 10.6. The van der Waals surface area contributed by atoms with Gasteiger partial charge in [-0.2, -0.15) is 0 Å². The molecule has 4 heteroatoms. The maximum Gasteiger partial charge on any atom is 0.259 e. The van der Waals surface area contributed by atoms with E-state index in [2.05, 4.69) is 0 Å². The van der Waals surface area contributed by atoms with E-state index in [1.807, 2.05) is 31.2 Å². The highest BCUT2D eigenvalue weighted by Crippen LogP contribution is 2.59. The van der Waals surface area contributed by atoms with Gasteiger partial charge in [0.1, 0.15) is 0 Å². The van der Waals surface area contributed by atoms with Gasteiger partial charge < -0.3 is 14.7 Å². The van der Waals surface area contributed by atoms with Crippen LogP contribution in [0.25, 0.3) is 0 Å². The predicted octanol–water partition coefficient (Wildman–Crippen LogP) is 1.29. The highest BCUT2D eigenvalue weighted by Gasteiger charge is 2.68. The fraction of sp³-hybridized carbons (Fsp3) is 0.500. The highest BCUT2D eigenvalue weighted by atomic mass is 16.5. The zero-order valence-corrected chi connectivity index (χ0v) is 10.8. The number of ether oxygens (including phenoxy) is 1. The number of rotatable bonds is 1. The van der Waals surface area contributed by atoms with Crippen molar-refractivity contribution in [1.29, 1.82) is 0 Å². The number of nitrogens with zero attached hydrogens (tertiary/aromatic N) is 1. The van der Waals surface area contributed by atoms with E-state index >= 15 is 0 Å². The Kier molecular flexibility index (Phi) is 2.17. The second kappa shape index (κ2) is 3.33. The average Bonchev–Trinajstić information content (AvgIpc) is 2.35. The number of hydrogen-bond donors (Lipinski definition) is 1. The Morgan fingerprint density at radius 3 is 2.78 bits per heavy atom. The third kappa shape index (κ3) is 1.15. The molecule has 1 aliphatic heterocycles. The monoisotopic (exact) mass is 247 g/mol. The van der Waals surface area contributed by atoms with Gasteiger partial charge in [-0.15, -0.1) is 0 Å². The van der Waals surface area contributed by atoms with E-state index in [-0.39, 0.29) is 11.8 Å². The van der Waals surface area contributed by atoms with Crippen molar-refractivity contribution >= 4 is 11.6 Å². The molecule has 1 aromatic carbocycles. The van der Waals surface area contributed by atoms with E-state index in [9.17, 15) is 9.90 Å². The third-order valence-corrected chi connectivity index (χ3v) is 4.46. The van der Waals surface area contributed by atoms with Crippen LogP contribution in [-0.4, -0.2) is 36.4 Å².